The Labute approximate surface area is 308 Å². The summed E-state index contributed by atoms with van der Waals surface area (Å²) in [5.41, 5.74) is 12.2. The van der Waals surface area contributed by atoms with E-state index in [1.54, 1.807) is 48.5 Å². The number of para-hydroxylation sites is 2. The van der Waals surface area contributed by atoms with Gasteiger partial charge in [-0.1, -0.05) is 111 Å². The van der Waals surface area contributed by atoms with Gasteiger partial charge >= 0.3 is 11.9 Å². The van der Waals surface area contributed by atoms with Crippen molar-refractivity contribution in [2.75, 3.05) is 10.6 Å². The Morgan fingerprint density at radius 3 is 1.37 bits per heavy atom. The van der Waals surface area contributed by atoms with Crippen molar-refractivity contribution in [3.8, 4) is 11.5 Å². The summed E-state index contributed by atoms with van der Waals surface area (Å²) in [7, 11) is 0. The lowest BCUT2D eigenvalue weighted by Gasteiger charge is -2.17. The number of aromatic nitrogens is 2. The number of nitrogens with two attached hydrogens (primary N) is 2. The van der Waals surface area contributed by atoms with E-state index in [4.69, 9.17) is 44.1 Å². The van der Waals surface area contributed by atoms with Crippen molar-refractivity contribution in [2.24, 2.45) is 23.3 Å². The number of hydrogen-bond donors (Lipinski definition) is 4. The summed E-state index contributed by atoms with van der Waals surface area (Å²) < 4.78 is 11.6. The topological polar surface area (TPSA) is 189 Å². The Kier molecular flexibility index (Phi) is 17.1. The van der Waals surface area contributed by atoms with E-state index in [0.29, 0.717) is 18.9 Å². The summed E-state index contributed by atoms with van der Waals surface area (Å²) >= 11 is 13.9. The molecule has 4 atom stereocenters. The molecule has 4 rings (SSSR count). The Balaban J connectivity index is 0.000000333. The number of benzene rings is 2. The van der Waals surface area contributed by atoms with Crippen LogP contribution in [0.1, 0.15) is 61.3 Å². The maximum absolute atomic E-state index is 12.4. The van der Waals surface area contributed by atoms with Gasteiger partial charge in [0, 0.05) is 0 Å². The molecule has 2 aromatic carbocycles. The van der Waals surface area contributed by atoms with E-state index in [9.17, 15) is 19.2 Å². The molecule has 0 bridgehead atoms. The van der Waals surface area contributed by atoms with Gasteiger partial charge in [0.15, 0.2) is 10.3 Å². The van der Waals surface area contributed by atoms with E-state index in [0.717, 1.165) is 35.5 Å². The second-order valence-electron chi connectivity index (χ2n) is 10.5. The predicted octanol–water partition coefficient (Wildman–Crippen LogP) is 7.08. The van der Waals surface area contributed by atoms with Crippen molar-refractivity contribution < 1.29 is 28.7 Å². The fourth-order valence-electron chi connectivity index (χ4n) is 3.77. The van der Waals surface area contributed by atoms with E-state index >= 15 is 0 Å². The fourth-order valence-corrected chi connectivity index (χ4v) is 5.38. The average molecular weight is 772 g/mol. The molecule has 0 aliphatic rings. The molecular formula is C32H37Cl3N6O6S2. The minimum atomic E-state index is -0.746. The van der Waals surface area contributed by atoms with Crippen LogP contribution >= 0.6 is 58.3 Å². The number of rotatable bonds is 12. The van der Waals surface area contributed by atoms with E-state index in [1.807, 2.05) is 27.7 Å². The lowest BCUT2D eigenvalue weighted by molar-refractivity contribution is -0.137. The molecule has 2 aromatic heterocycles. The highest BCUT2D eigenvalue weighted by Gasteiger charge is 2.25. The molecule has 264 valence electrons. The fraction of sp³-hybridized carbons (Fsp3) is 0.312. The molecule has 0 aliphatic heterocycles. The quantitative estimate of drug-likeness (QED) is 0.0856. The molecule has 12 nitrogen and oxygen atoms in total. The zero-order chi connectivity index (χ0) is 35.4. The second-order valence-corrected chi connectivity index (χ2v) is 13.8. The highest BCUT2D eigenvalue weighted by molar-refractivity contribution is 7.19. The van der Waals surface area contributed by atoms with Gasteiger partial charge in [0.2, 0.25) is 0 Å². The van der Waals surface area contributed by atoms with Gasteiger partial charge in [-0.3, -0.25) is 20.2 Å². The van der Waals surface area contributed by atoms with E-state index in [1.165, 1.54) is 12.4 Å². The first-order chi connectivity index (χ1) is 22.8. The Bertz CT molecular complexity index is 1600. The standard InChI is InChI=1S/2C16H18ClN3O3S.ClH/c2*1-3-9(2)13(18)15(22)23-11-7-5-4-6-10(11)14(21)20-16-19-8-12(17)24-16;/h2*4-9,13H,3,18H2,1-2H3,(H,19,20,21);1H/t2*9-,13-;/m00./s1. The molecule has 17 heteroatoms. The number of nitrogens with zero attached hydrogens (tertiary/aromatic N) is 2. The van der Waals surface area contributed by atoms with E-state index in [2.05, 4.69) is 20.6 Å². The van der Waals surface area contributed by atoms with Crippen LogP contribution in [-0.4, -0.2) is 45.8 Å². The Morgan fingerprint density at radius 2 is 1.06 bits per heavy atom. The number of thiazole rings is 2. The van der Waals surface area contributed by atoms with Crippen LogP contribution in [0.25, 0.3) is 0 Å². The van der Waals surface area contributed by atoms with Crippen LogP contribution in [-0.2, 0) is 9.59 Å². The number of carbonyl (C=O) groups excluding carboxylic acids is 4. The van der Waals surface area contributed by atoms with Gasteiger partial charge in [0.05, 0.1) is 23.5 Å². The van der Waals surface area contributed by atoms with Crippen LogP contribution < -0.4 is 31.6 Å². The van der Waals surface area contributed by atoms with E-state index in [-0.39, 0.29) is 46.9 Å². The van der Waals surface area contributed by atoms with Crippen molar-refractivity contribution in [1.29, 1.82) is 0 Å². The van der Waals surface area contributed by atoms with E-state index < -0.39 is 35.8 Å². The highest BCUT2D eigenvalue weighted by atomic mass is 35.5. The molecule has 0 spiro atoms. The minimum Gasteiger partial charge on any atom is -0.425 e. The number of esters is 2. The Morgan fingerprint density at radius 1 is 0.714 bits per heavy atom. The zero-order valence-corrected chi connectivity index (χ0v) is 30.9. The number of ether oxygens (including phenoxy) is 2. The molecule has 0 fully saturated rings. The number of anilines is 2. The second kappa shape index (κ2) is 20.1. The highest BCUT2D eigenvalue weighted by Crippen LogP contribution is 2.27. The molecule has 0 saturated heterocycles. The maximum atomic E-state index is 12.4. The third-order valence-corrected chi connectivity index (χ3v) is 9.20. The first-order valence-electron chi connectivity index (χ1n) is 14.8. The van der Waals surface area contributed by atoms with Gasteiger partial charge in [0.25, 0.3) is 11.8 Å². The zero-order valence-electron chi connectivity index (χ0n) is 27.0. The summed E-state index contributed by atoms with van der Waals surface area (Å²) in [5.74, 6) is -1.75. The summed E-state index contributed by atoms with van der Waals surface area (Å²) in [5, 5.41) is 5.96. The van der Waals surface area contributed by atoms with Crippen LogP contribution in [0.3, 0.4) is 0 Å². The third kappa shape index (κ3) is 12.3. The van der Waals surface area contributed by atoms with Crippen LogP contribution in [0.15, 0.2) is 60.9 Å². The van der Waals surface area contributed by atoms with Gasteiger partial charge < -0.3 is 20.9 Å². The van der Waals surface area contributed by atoms with Gasteiger partial charge in [0.1, 0.15) is 32.3 Å². The molecule has 0 unspecified atom stereocenters. The lowest BCUT2D eigenvalue weighted by Crippen LogP contribution is -2.39. The Hall–Kier alpha value is -3.63. The summed E-state index contributed by atoms with van der Waals surface area (Å²) in [6, 6.07) is 11.4. The molecular weight excluding hydrogens is 735 g/mol. The summed E-state index contributed by atoms with van der Waals surface area (Å²) in [4.78, 5) is 57.0. The van der Waals surface area contributed by atoms with Crippen molar-refractivity contribution in [2.45, 2.75) is 52.6 Å². The van der Waals surface area contributed by atoms with Gasteiger partial charge in [-0.05, 0) is 36.1 Å². The number of hydrogen-bond acceptors (Lipinski definition) is 12. The molecule has 49 heavy (non-hydrogen) atoms. The number of amides is 2. The molecule has 2 heterocycles. The molecule has 2 amide bonds. The van der Waals surface area contributed by atoms with Crippen LogP contribution in [0.5, 0.6) is 11.5 Å². The first kappa shape index (κ1) is 41.5. The SMILES string of the molecule is CC[C@H](C)[C@H](N)C(=O)Oc1ccccc1C(=O)Nc1ncc(Cl)s1.CC[C@H](C)[C@H](N)C(=O)Oc1ccccc1C(=O)Nc1ncc(Cl)s1.Cl. The molecule has 0 saturated carbocycles. The maximum Gasteiger partial charge on any atom is 0.328 e. The van der Waals surface area contributed by atoms with Gasteiger partial charge in [-0.15, -0.1) is 12.4 Å². The molecule has 6 N–H and O–H groups in total. The smallest absolute Gasteiger partial charge is 0.328 e. The predicted molar refractivity (Wildman–Crippen MR) is 196 cm³/mol. The number of halogens is 3. The first-order valence-corrected chi connectivity index (χ1v) is 17.2. The molecule has 4 aromatic rings. The largest absolute Gasteiger partial charge is 0.425 e. The van der Waals surface area contributed by atoms with Crippen molar-refractivity contribution in [1.82, 2.24) is 9.97 Å². The lowest BCUT2D eigenvalue weighted by atomic mass is 10.0. The number of carbonyl (C=O) groups is 4. The molecule has 0 aliphatic carbocycles. The van der Waals surface area contributed by atoms with Gasteiger partial charge in [-0.25, -0.2) is 19.6 Å². The summed E-state index contributed by atoms with van der Waals surface area (Å²) in [6.07, 6.45) is 4.39. The summed E-state index contributed by atoms with van der Waals surface area (Å²) in [6.45, 7) is 7.63. The van der Waals surface area contributed by atoms with Crippen LogP contribution in [0.4, 0.5) is 10.3 Å². The van der Waals surface area contributed by atoms with Crippen molar-refractivity contribution in [3.63, 3.8) is 0 Å². The number of nitrogens with one attached hydrogen (secondary N) is 2. The van der Waals surface area contributed by atoms with Crippen molar-refractivity contribution >= 4 is 92.3 Å². The van der Waals surface area contributed by atoms with Crippen molar-refractivity contribution in [3.05, 3.63) is 80.7 Å². The van der Waals surface area contributed by atoms with Gasteiger partial charge in [-0.2, -0.15) is 0 Å². The van der Waals surface area contributed by atoms with Crippen LogP contribution in [0.2, 0.25) is 8.67 Å². The third-order valence-electron chi connectivity index (χ3n) is 7.14. The monoisotopic (exact) mass is 770 g/mol. The average Bonchev–Trinajstić information content (AvgIpc) is 3.69. The minimum absolute atomic E-state index is 0. The normalized spacial score (nSPS) is 12.9. The van der Waals surface area contributed by atoms with Crippen LogP contribution in [0, 0.1) is 11.8 Å². The molecule has 0 radical (unpaired) electrons.